The van der Waals surface area contributed by atoms with Gasteiger partial charge in [0.2, 0.25) is 5.82 Å². The molecule has 2 aromatic carbocycles. The maximum absolute atomic E-state index is 5.58. The lowest BCUT2D eigenvalue weighted by Gasteiger charge is -2.01. The summed E-state index contributed by atoms with van der Waals surface area (Å²) in [4.78, 5) is 4.35. The van der Waals surface area contributed by atoms with Gasteiger partial charge in [0.15, 0.2) is 6.61 Å². The average Bonchev–Trinajstić information content (AvgIpc) is 3.03. The van der Waals surface area contributed by atoms with E-state index in [0.717, 1.165) is 17.7 Å². The zero-order valence-corrected chi connectivity index (χ0v) is 11.8. The zero-order valence-electron chi connectivity index (χ0n) is 11.8. The summed E-state index contributed by atoms with van der Waals surface area (Å²) in [6, 6.07) is 17.7. The Morgan fingerprint density at radius 2 is 1.76 bits per heavy atom. The van der Waals surface area contributed by atoms with Crippen LogP contribution < -0.4 is 4.74 Å². The zero-order chi connectivity index (χ0) is 14.5. The van der Waals surface area contributed by atoms with E-state index in [2.05, 4.69) is 29.2 Å². The van der Waals surface area contributed by atoms with Gasteiger partial charge in [0.1, 0.15) is 5.75 Å². The van der Waals surface area contributed by atoms with Crippen LogP contribution in [0.25, 0.3) is 11.4 Å². The predicted molar refractivity (Wildman–Crippen MR) is 79.9 cm³/mol. The SMILES string of the molecule is CCc1ccc(-c2noc(COc3ccccc3)n2)cc1. The number of aryl methyl sites for hydroxylation is 1. The number of para-hydroxylation sites is 1. The van der Waals surface area contributed by atoms with Crippen molar-refractivity contribution in [2.24, 2.45) is 0 Å². The Hall–Kier alpha value is -2.62. The lowest BCUT2D eigenvalue weighted by molar-refractivity contribution is 0.243. The van der Waals surface area contributed by atoms with Crippen molar-refractivity contribution in [3.05, 3.63) is 66.1 Å². The third-order valence-electron chi connectivity index (χ3n) is 3.19. The van der Waals surface area contributed by atoms with Crippen molar-refractivity contribution in [1.82, 2.24) is 10.1 Å². The first-order valence-corrected chi connectivity index (χ1v) is 6.95. The molecule has 0 spiro atoms. The van der Waals surface area contributed by atoms with Crippen LogP contribution >= 0.6 is 0 Å². The average molecular weight is 280 g/mol. The topological polar surface area (TPSA) is 48.2 Å². The van der Waals surface area contributed by atoms with Gasteiger partial charge in [-0.2, -0.15) is 4.98 Å². The van der Waals surface area contributed by atoms with Crippen LogP contribution in [0.15, 0.2) is 59.1 Å². The molecule has 0 fully saturated rings. The summed E-state index contributed by atoms with van der Waals surface area (Å²) in [5.41, 5.74) is 2.23. The number of rotatable bonds is 5. The van der Waals surface area contributed by atoms with Gasteiger partial charge in [-0.3, -0.25) is 0 Å². The van der Waals surface area contributed by atoms with Crippen LogP contribution in [0.5, 0.6) is 5.75 Å². The highest BCUT2D eigenvalue weighted by atomic mass is 16.5. The molecule has 0 bridgehead atoms. The van der Waals surface area contributed by atoms with Crippen molar-refractivity contribution in [1.29, 1.82) is 0 Å². The molecule has 0 atom stereocenters. The first kappa shape index (κ1) is 13.4. The van der Waals surface area contributed by atoms with Crippen molar-refractivity contribution >= 4 is 0 Å². The van der Waals surface area contributed by atoms with Crippen LogP contribution in [0.3, 0.4) is 0 Å². The molecule has 0 aliphatic rings. The third kappa shape index (κ3) is 3.28. The van der Waals surface area contributed by atoms with Gasteiger partial charge in [-0.25, -0.2) is 0 Å². The smallest absolute Gasteiger partial charge is 0.264 e. The summed E-state index contributed by atoms with van der Waals surface area (Å²) in [5.74, 6) is 1.84. The van der Waals surface area contributed by atoms with Crippen LogP contribution in [0.2, 0.25) is 0 Å². The number of benzene rings is 2. The Kier molecular flexibility index (Phi) is 3.96. The molecule has 0 aliphatic carbocycles. The Morgan fingerprint density at radius 3 is 2.48 bits per heavy atom. The summed E-state index contributed by atoms with van der Waals surface area (Å²) in [6.45, 7) is 2.40. The Balaban J connectivity index is 1.68. The molecule has 0 saturated heterocycles. The van der Waals surface area contributed by atoms with Gasteiger partial charge in [0, 0.05) is 5.56 Å². The van der Waals surface area contributed by atoms with Crippen LogP contribution in [0, 0.1) is 0 Å². The molecule has 0 aliphatic heterocycles. The Morgan fingerprint density at radius 1 is 1.00 bits per heavy atom. The standard InChI is InChI=1S/C17H16N2O2/c1-2-13-8-10-14(11-9-13)17-18-16(21-19-17)12-20-15-6-4-3-5-7-15/h3-11H,2,12H2,1H3. The highest BCUT2D eigenvalue weighted by molar-refractivity contribution is 5.54. The largest absolute Gasteiger partial charge is 0.484 e. The number of ether oxygens (including phenoxy) is 1. The van der Waals surface area contributed by atoms with E-state index in [1.165, 1.54) is 5.56 Å². The van der Waals surface area contributed by atoms with E-state index in [4.69, 9.17) is 9.26 Å². The van der Waals surface area contributed by atoms with E-state index >= 15 is 0 Å². The van der Waals surface area contributed by atoms with E-state index in [1.54, 1.807) is 0 Å². The minimum Gasteiger partial charge on any atom is -0.484 e. The molecule has 1 aromatic heterocycles. The molecular formula is C17H16N2O2. The molecule has 0 amide bonds. The Labute approximate surface area is 123 Å². The molecule has 0 radical (unpaired) electrons. The van der Waals surface area contributed by atoms with E-state index < -0.39 is 0 Å². The first-order chi connectivity index (χ1) is 10.3. The molecule has 3 aromatic rings. The second-order valence-corrected chi connectivity index (χ2v) is 4.66. The molecular weight excluding hydrogens is 264 g/mol. The number of aromatic nitrogens is 2. The molecule has 4 heteroatoms. The van der Waals surface area contributed by atoms with Crippen molar-refractivity contribution < 1.29 is 9.26 Å². The lowest BCUT2D eigenvalue weighted by atomic mass is 10.1. The van der Waals surface area contributed by atoms with Gasteiger partial charge in [0.05, 0.1) is 0 Å². The summed E-state index contributed by atoms with van der Waals surface area (Å²) in [7, 11) is 0. The van der Waals surface area contributed by atoms with Gasteiger partial charge < -0.3 is 9.26 Å². The third-order valence-corrected chi connectivity index (χ3v) is 3.19. The van der Waals surface area contributed by atoms with E-state index in [-0.39, 0.29) is 6.61 Å². The fraction of sp³-hybridized carbons (Fsp3) is 0.176. The van der Waals surface area contributed by atoms with Crippen molar-refractivity contribution in [2.45, 2.75) is 20.0 Å². The fourth-order valence-corrected chi connectivity index (χ4v) is 1.98. The van der Waals surface area contributed by atoms with E-state index in [0.29, 0.717) is 11.7 Å². The van der Waals surface area contributed by atoms with Crippen LogP contribution in [0.1, 0.15) is 18.4 Å². The molecule has 106 valence electrons. The van der Waals surface area contributed by atoms with Gasteiger partial charge in [-0.15, -0.1) is 0 Å². The van der Waals surface area contributed by atoms with E-state index in [1.807, 2.05) is 42.5 Å². The molecule has 0 unspecified atom stereocenters. The fourth-order valence-electron chi connectivity index (χ4n) is 1.98. The number of nitrogens with zero attached hydrogens (tertiary/aromatic N) is 2. The van der Waals surface area contributed by atoms with Gasteiger partial charge >= 0.3 is 0 Å². The Bertz CT molecular complexity index is 690. The van der Waals surface area contributed by atoms with Crippen LogP contribution in [-0.4, -0.2) is 10.1 Å². The maximum atomic E-state index is 5.58. The predicted octanol–water partition coefficient (Wildman–Crippen LogP) is 3.88. The summed E-state index contributed by atoms with van der Waals surface area (Å²) >= 11 is 0. The highest BCUT2D eigenvalue weighted by Gasteiger charge is 2.09. The second-order valence-electron chi connectivity index (χ2n) is 4.66. The van der Waals surface area contributed by atoms with E-state index in [9.17, 15) is 0 Å². The van der Waals surface area contributed by atoms with Crippen LogP contribution in [0.4, 0.5) is 0 Å². The summed E-state index contributed by atoms with van der Waals surface area (Å²) in [6.07, 6.45) is 1.02. The molecule has 21 heavy (non-hydrogen) atoms. The summed E-state index contributed by atoms with van der Waals surface area (Å²) < 4.78 is 10.8. The minimum absolute atomic E-state index is 0.268. The monoisotopic (exact) mass is 280 g/mol. The first-order valence-electron chi connectivity index (χ1n) is 6.95. The van der Waals surface area contributed by atoms with Gasteiger partial charge in [-0.05, 0) is 24.1 Å². The maximum Gasteiger partial charge on any atom is 0.264 e. The van der Waals surface area contributed by atoms with Crippen molar-refractivity contribution in [3.8, 4) is 17.1 Å². The number of hydrogen-bond acceptors (Lipinski definition) is 4. The normalized spacial score (nSPS) is 10.5. The minimum atomic E-state index is 0.268. The van der Waals surface area contributed by atoms with Crippen LogP contribution in [-0.2, 0) is 13.0 Å². The quantitative estimate of drug-likeness (QED) is 0.711. The van der Waals surface area contributed by atoms with Crippen molar-refractivity contribution in [2.75, 3.05) is 0 Å². The molecule has 1 heterocycles. The number of hydrogen-bond donors (Lipinski definition) is 0. The molecule has 0 saturated carbocycles. The molecule has 0 N–H and O–H groups in total. The highest BCUT2D eigenvalue weighted by Crippen LogP contribution is 2.18. The second kappa shape index (κ2) is 6.22. The molecule has 3 rings (SSSR count). The van der Waals surface area contributed by atoms with Crippen molar-refractivity contribution in [3.63, 3.8) is 0 Å². The van der Waals surface area contributed by atoms with Gasteiger partial charge in [0.25, 0.3) is 5.89 Å². The van der Waals surface area contributed by atoms with Gasteiger partial charge in [-0.1, -0.05) is 54.5 Å². The molecule has 4 nitrogen and oxygen atoms in total. The summed E-state index contributed by atoms with van der Waals surface area (Å²) in [5, 5.41) is 3.99. The lowest BCUT2D eigenvalue weighted by Crippen LogP contribution is -1.95.